The number of aliphatic hydroxyl groups is 1. The molecule has 0 saturated heterocycles. The molecular formula is C26H32O8. The number of esters is 2. The lowest BCUT2D eigenvalue weighted by Crippen LogP contribution is -2.30. The van der Waals surface area contributed by atoms with Crippen LogP contribution in [0.25, 0.3) is 0 Å². The second-order valence-corrected chi connectivity index (χ2v) is 8.12. The van der Waals surface area contributed by atoms with Crippen LogP contribution in [0.4, 0.5) is 0 Å². The monoisotopic (exact) mass is 472 g/mol. The van der Waals surface area contributed by atoms with Crippen LogP contribution in [0.5, 0.6) is 17.2 Å². The first kappa shape index (κ1) is 25.7. The van der Waals surface area contributed by atoms with Crippen LogP contribution in [0.15, 0.2) is 48.5 Å². The van der Waals surface area contributed by atoms with Gasteiger partial charge in [0.15, 0.2) is 0 Å². The molecule has 0 bridgehead atoms. The third kappa shape index (κ3) is 8.13. The molecule has 1 fully saturated rings. The largest absolute Gasteiger partial charge is 0.491 e. The smallest absolute Gasteiger partial charge is 0.314 e. The maximum atomic E-state index is 12.5. The van der Waals surface area contributed by atoms with Crippen molar-refractivity contribution in [2.45, 2.75) is 32.3 Å². The van der Waals surface area contributed by atoms with Crippen molar-refractivity contribution in [2.24, 2.45) is 11.8 Å². The van der Waals surface area contributed by atoms with E-state index in [-0.39, 0.29) is 37.0 Å². The molecule has 0 spiro atoms. The van der Waals surface area contributed by atoms with Gasteiger partial charge in [-0.05, 0) is 67.6 Å². The molecule has 8 heteroatoms. The Bertz CT molecular complexity index is 811. The average Bonchev–Trinajstić information content (AvgIpc) is 2.86. The van der Waals surface area contributed by atoms with E-state index in [1.807, 2.05) is 12.1 Å². The van der Waals surface area contributed by atoms with Crippen LogP contribution in [-0.2, 0) is 25.7 Å². The molecule has 8 nitrogen and oxygen atoms in total. The summed E-state index contributed by atoms with van der Waals surface area (Å²) in [6, 6.07) is 14.0. The standard InChI is InChI=1S/C26H32O8/c1-30-16-17-32-22-10-12-24(13-11-22)34-26(29)21-6-4-20(5-7-21)25(28)33-23-8-2-19(3-9-23)18-31-15-14-27/h2-3,8-13,20-21,27H,4-7,14-18H2,1H3/t20-,21-. The Labute approximate surface area is 199 Å². The predicted molar refractivity (Wildman–Crippen MR) is 124 cm³/mol. The summed E-state index contributed by atoms with van der Waals surface area (Å²) in [5.74, 6) is 0.600. The number of carbonyl (C=O) groups excluding carboxylic acids is 2. The predicted octanol–water partition coefficient (Wildman–Crippen LogP) is 3.54. The Morgan fingerprint density at radius 2 is 1.26 bits per heavy atom. The maximum Gasteiger partial charge on any atom is 0.314 e. The van der Waals surface area contributed by atoms with Crippen LogP contribution in [0, 0.1) is 11.8 Å². The van der Waals surface area contributed by atoms with Crippen LogP contribution in [0.3, 0.4) is 0 Å². The summed E-state index contributed by atoms with van der Waals surface area (Å²) in [7, 11) is 1.61. The molecule has 3 rings (SSSR count). The first-order valence-corrected chi connectivity index (χ1v) is 11.5. The molecule has 2 aromatic rings. The van der Waals surface area contributed by atoms with Gasteiger partial charge < -0.3 is 28.8 Å². The Morgan fingerprint density at radius 3 is 1.76 bits per heavy atom. The number of hydrogen-bond donors (Lipinski definition) is 1. The van der Waals surface area contributed by atoms with Crippen molar-refractivity contribution in [3.05, 3.63) is 54.1 Å². The Hall–Kier alpha value is -2.94. The summed E-state index contributed by atoms with van der Waals surface area (Å²) in [5, 5.41) is 8.75. The highest BCUT2D eigenvalue weighted by Crippen LogP contribution is 2.31. The summed E-state index contributed by atoms with van der Waals surface area (Å²) < 4.78 is 26.7. The fraction of sp³-hybridized carbons (Fsp3) is 0.462. The average molecular weight is 473 g/mol. The van der Waals surface area contributed by atoms with Gasteiger partial charge in [-0.25, -0.2) is 0 Å². The van der Waals surface area contributed by atoms with Gasteiger partial charge in [0.1, 0.15) is 23.9 Å². The maximum absolute atomic E-state index is 12.5. The molecule has 0 atom stereocenters. The number of methoxy groups -OCH3 is 1. The van der Waals surface area contributed by atoms with E-state index in [0.29, 0.717) is 62.8 Å². The normalized spacial score (nSPS) is 17.7. The lowest BCUT2D eigenvalue weighted by molar-refractivity contribution is -0.145. The molecular weight excluding hydrogens is 440 g/mol. The number of carbonyl (C=O) groups is 2. The molecule has 0 amide bonds. The molecule has 0 heterocycles. The highest BCUT2D eigenvalue weighted by atomic mass is 16.5. The molecule has 184 valence electrons. The van der Waals surface area contributed by atoms with Crippen molar-refractivity contribution < 1.29 is 38.4 Å². The minimum Gasteiger partial charge on any atom is -0.491 e. The molecule has 1 aliphatic carbocycles. The molecule has 0 radical (unpaired) electrons. The fourth-order valence-electron chi connectivity index (χ4n) is 3.72. The van der Waals surface area contributed by atoms with Gasteiger partial charge in [0.2, 0.25) is 0 Å². The first-order chi connectivity index (χ1) is 16.6. The van der Waals surface area contributed by atoms with Crippen LogP contribution in [-0.4, -0.2) is 50.6 Å². The van der Waals surface area contributed by atoms with E-state index < -0.39 is 0 Å². The summed E-state index contributed by atoms with van der Waals surface area (Å²) in [4.78, 5) is 25.1. The van der Waals surface area contributed by atoms with Gasteiger partial charge in [-0.1, -0.05) is 12.1 Å². The minimum atomic E-state index is -0.279. The summed E-state index contributed by atoms with van der Waals surface area (Å²) >= 11 is 0. The van der Waals surface area contributed by atoms with Crippen molar-refractivity contribution in [3.8, 4) is 17.2 Å². The third-order valence-electron chi connectivity index (χ3n) is 5.64. The van der Waals surface area contributed by atoms with Crippen molar-refractivity contribution in [2.75, 3.05) is 33.5 Å². The molecule has 0 aromatic heterocycles. The number of benzene rings is 2. The van der Waals surface area contributed by atoms with Crippen LogP contribution >= 0.6 is 0 Å². The Morgan fingerprint density at radius 1 is 0.765 bits per heavy atom. The lowest BCUT2D eigenvalue weighted by atomic mass is 9.82. The fourth-order valence-corrected chi connectivity index (χ4v) is 3.72. The van der Waals surface area contributed by atoms with E-state index >= 15 is 0 Å². The molecule has 34 heavy (non-hydrogen) atoms. The van der Waals surface area contributed by atoms with Gasteiger partial charge in [-0.2, -0.15) is 0 Å². The highest BCUT2D eigenvalue weighted by molar-refractivity contribution is 5.77. The molecule has 0 unspecified atom stereocenters. The zero-order chi connectivity index (χ0) is 24.2. The van der Waals surface area contributed by atoms with Crippen LogP contribution < -0.4 is 14.2 Å². The Balaban J connectivity index is 1.40. The number of aliphatic hydroxyl groups excluding tert-OH is 1. The molecule has 1 saturated carbocycles. The second kappa shape index (κ2) is 13.7. The number of ether oxygens (including phenoxy) is 5. The quantitative estimate of drug-likeness (QED) is 0.284. The van der Waals surface area contributed by atoms with Gasteiger partial charge in [0, 0.05) is 7.11 Å². The topological polar surface area (TPSA) is 101 Å². The summed E-state index contributed by atoms with van der Waals surface area (Å²) in [6.45, 7) is 1.60. The zero-order valence-electron chi connectivity index (χ0n) is 19.4. The summed E-state index contributed by atoms with van der Waals surface area (Å²) in [5.41, 5.74) is 0.931. The molecule has 1 aliphatic rings. The highest BCUT2D eigenvalue weighted by Gasteiger charge is 2.32. The van der Waals surface area contributed by atoms with Crippen molar-refractivity contribution in [1.82, 2.24) is 0 Å². The van der Waals surface area contributed by atoms with Crippen LogP contribution in [0.1, 0.15) is 31.2 Å². The van der Waals surface area contributed by atoms with Crippen molar-refractivity contribution >= 4 is 11.9 Å². The van der Waals surface area contributed by atoms with Crippen molar-refractivity contribution in [3.63, 3.8) is 0 Å². The van der Waals surface area contributed by atoms with E-state index in [1.54, 1.807) is 43.5 Å². The van der Waals surface area contributed by atoms with E-state index in [2.05, 4.69) is 0 Å². The number of hydrogen-bond acceptors (Lipinski definition) is 8. The zero-order valence-corrected chi connectivity index (χ0v) is 19.4. The van der Waals surface area contributed by atoms with Gasteiger partial charge in [0.25, 0.3) is 0 Å². The lowest BCUT2D eigenvalue weighted by Gasteiger charge is -2.25. The number of rotatable bonds is 12. The summed E-state index contributed by atoms with van der Waals surface area (Å²) in [6.07, 6.45) is 2.33. The van der Waals surface area contributed by atoms with Gasteiger partial charge in [0.05, 0.1) is 38.3 Å². The van der Waals surface area contributed by atoms with Crippen LogP contribution in [0.2, 0.25) is 0 Å². The minimum absolute atomic E-state index is 0.0200. The van der Waals surface area contributed by atoms with E-state index in [9.17, 15) is 9.59 Å². The van der Waals surface area contributed by atoms with E-state index in [0.717, 1.165) is 5.56 Å². The third-order valence-corrected chi connectivity index (χ3v) is 5.64. The van der Waals surface area contributed by atoms with Gasteiger partial charge >= 0.3 is 11.9 Å². The van der Waals surface area contributed by atoms with E-state index in [1.165, 1.54) is 0 Å². The Kier molecular flexibility index (Phi) is 10.3. The molecule has 1 N–H and O–H groups in total. The first-order valence-electron chi connectivity index (χ1n) is 11.5. The van der Waals surface area contributed by atoms with E-state index in [4.69, 9.17) is 28.8 Å². The SMILES string of the molecule is COCCOc1ccc(OC(=O)[C@H]2CC[C@H](C(=O)Oc3ccc(COCCO)cc3)CC2)cc1. The van der Waals surface area contributed by atoms with Gasteiger partial charge in [-0.15, -0.1) is 0 Å². The van der Waals surface area contributed by atoms with Gasteiger partial charge in [-0.3, -0.25) is 9.59 Å². The van der Waals surface area contributed by atoms with Crippen molar-refractivity contribution in [1.29, 1.82) is 0 Å². The second-order valence-electron chi connectivity index (χ2n) is 8.12. The molecule has 0 aliphatic heterocycles. The molecule has 2 aromatic carbocycles.